The third-order valence-electron chi connectivity index (χ3n) is 7.82. The van der Waals surface area contributed by atoms with E-state index in [4.69, 9.17) is 9.47 Å². The van der Waals surface area contributed by atoms with Crippen molar-refractivity contribution in [2.45, 2.75) is 37.7 Å². The summed E-state index contributed by atoms with van der Waals surface area (Å²) in [5.41, 5.74) is 1.64. The molecule has 2 aromatic carbocycles. The van der Waals surface area contributed by atoms with Crippen molar-refractivity contribution in [3.05, 3.63) is 59.2 Å². The van der Waals surface area contributed by atoms with Gasteiger partial charge >= 0.3 is 0 Å². The highest BCUT2D eigenvalue weighted by Crippen LogP contribution is 2.45. The molecule has 8 heteroatoms. The van der Waals surface area contributed by atoms with E-state index in [9.17, 15) is 13.5 Å². The van der Waals surface area contributed by atoms with Crippen LogP contribution in [-0.2, 0) is 14.6 Å². The Balaban J connectivity index is 1.41. The van der Waals surface area contributed by atoms with E-state index >= 15 is 0 Å². The molecule has 7 nitrogen and oxygen atoms in total. The molecular weight excluding hydrogens is 488 g/mol. The zero-order chi connectivity index (χ0) is 26.8. The lowest BCUT2D eigenvalue weighted by atomic mass is 9.75. The van der Waals surface area contributed by atoms with Crippen LogP contribution in [0.25, 0.3) is 0 Å². The number of aryl methyl sites for hydroxylation is 1. The molecule has 2 aliphatic heterocycles. The predicted molar refractivity (Wildman–Crippen MR) is 146 cm³/mol. The van der Waals surface area contributed by atoms with Crippen LogP contribution in [-0.4, -0.2) is 101 Å². The van der Waals surface area contributed by atoms with Gasteiger partial charge in [0.1, 0.15) is 12.4 Å². The number of aliphatic hydroxyl groups excluding tert-OH is 1. The van der Waals surface area contributed by atoms with E-state index in [2.05, 4.69) is 19.0 Å². The summed E-state index contributed by atoms with van der Waals surface area (Å²) in [4.78, 5) is 2.76. The molecule has 0 aromatic heterocycles. The maximum Gasteiger partial charge on any atom is 0.179 e. The fourth-order valence-corrected chi connectivity index (χ4v) is 7.54. The Labute approximate surface area is 222 Å². The molecule has 0 amide bonds. The third kappa shape index (κ3) is 6.73. The number of aliphatic hydroxyl groups is 1. The van der Waals surface area contributed by atoms with Crippen LogP contribution in [0, 0.1) is 12.3 Å². The molecule has 4 rings (SSSR count). The molecule has 1 saturated heterocycles. The van der Waals surface area contributed by atoms with Gasteiger partial charge < -0.3 is 19.1 Å². The molecule has 0 bridgehead atoms. The van der Waals surface area contributed by atoms with Crippen molar-refractivity contribution in [1.82, 2.24) is 4.90 Å². The number of hydrogen-bond donors (Lipinski definition) is 1. The average Bonchev–Trinajstić information content (AvgIpc) is 2.87. The minimum Gasteiger partial charge on any atom is -0.491 e. The Morgan fingerprint density at radius 1 is 1.05 bits per heavy atom. The Bertz CT molecular complexity index is 1180. The number of likely N-dealkylation sites (N-methyl/N-ethyl adjacent to an activating group) is 1. The van der Waals surface area contributed by atoms with E-state index < -0.39 is 27.3 Å². The van der Waals surface area contributed by atoms with Gasteiger partial charge in [0.15, 0.2) is 9.84 Å². The number of benzene rings is 2. The van der Waals surface area contributed by atoms with Crippen molar-refractivity contribution in [3.63, 3.8) is 0 Å². The monoisotopic (exact) mass is 531 g/mol. The van der Waals surface area contributed by atoms with E-state index in [1.807, 2.05) is 57.2 Å². The zero-order valence-electron chi connectivity index (χ0n) is 22.9. The summed E-state index contributed by atoms with van der Waals surface area (Å²) in [7, 11) is 1.02. The number of ether oxygens (including phenoxy) is 2. The smallest absolute Gasteiger partial charge is 0.179 e. The molecule has 0 aliphatic carbocycles. The number of sulfone groups is 1. The molecule has 1 fully saturated rings. The van der Waals surface area contributed by atoms with Crippen LogP contribution >= 0.6 is 0 Å². The van der Waals surface area contributed by atoms with Crippen molar-refractivity contribution < 1.29 is 27.5 Å². The molecule has 0 spiro atoms. The summed E-state index contributed by atoms with van der Waals surface area (Å²) in [6.07, 6.45) is -0.872. The first-order valence-electron chi connectivity index (χ1n) is 13.2. The number of rotatable bonds is 8. The number of hydrogen-bond acceptors (Lipinski definition) is 6. The second-order valence-corrected chi connectivity index (χ2v) is 13.9. The van der Waals surface area contributed by atoms with Gasteiger partial charge in [0.25, 0.3) is 0 Å². The second-order valence-electron chi connectivity index (χ2n) is 12.0. The van der Waals surface area contributed by atoms with Gasteiger partial charge in [-0.2, -0.15) is 0 Å². The van der Waals surface area contributed by atoms with Crippen molar-refractivity contribution in [2.24, 2.45) is 5.41 Å². The normalized spacial score (nSPS) is 24.7. The maximum atomic E-state index is 13.2. The Kier molecular flexibility index (Phi) is 8.36. The van der Waals surface area contributed by atoms with Gasteiger partial charge in [-0.05, 0) is 36.2 Å². The molecule has 2 aromatic rings. The van der Waals surface area contributed by atoms with Gasteiger partial charge in [-0.1, -0.05) is 43.7 Å². The Morgan fingerprint density at radius 3 is 2.51 bits per heavy atom. The first kappa shape index (κ1) is 28.0. The molecule has 204 valence electrons. The standard InChI is InChI=1S/C29H43N2O5S/c1-22-9-10-26-25(19-22)27(28(32)29(2,3)21-37(26,33)34)23-7-6-8-24(20-23)36-18-17-35-16-13-30-11-14-31(4,5)15-12-30/h6-10,19-20,27-28,32H,11-18,21H2,1-5H3/q+1/t27-,28-/m1/s1. The lowest BCUT2D eigenvalue weighted by molar-refractivity contribution is -0.894. The topological polar surface area (TPSA) is 76.1 Å². The largest absolute Gasteiger partial charge is 0.491 e. The van der Waals surface area contributed by atoms with E-state index in [0.717, 1.165) is 35.2 Å². The maximum absolute atomic E-state index is 13.2. The summed E-state index contributed by atoms with van der Waals surface area (Å²) in [5, 5.41) is 11.5. The minimum atomic E-state index is -3.54. The van der Waals surface area contributed by atoms with Gasteiger partial charge in [-0.25, -0.2) is 8.42 Å². The van der Waals surface area contributed by atoms with Crippen LogP contribution in [0.5, 0.6) is 5.75 Å². The first-order valence-corrected chi connectivity index (χ1v) is 14.9. The van der Waals surface area contributed by atoms with Crippen LogP contribution in [0.4, 0.5) is 0 Å². The van der Waals surface area contributed by atoms with Gasteiger partial charge in [0, 0.05) is 31.0 Å². The summed E-state index contributed by atoms with van der Waals surface area (Å²) >= 11 is 0. The van der Waals surface area contributed by atoms with Crippen LogP contribution in [0.2, 0.25) is 0 Å². The quantitative estimate of drug-likeness (QED) is 0.417. The second kappa shape index (κ2) is 11.0. The van der Waals surface area contributed by atoms with E-state index in [1.54, 1.807) is 6.07 Å². The van der Waals surface area contributed by atoms with Gasteiger partial charge in [0.2, 0.25) is 0 Å². The number of piperazine rings is 1. The molecule has 0 unspecified atom stereocenters. The van der Waals surface area contributed by atoms with Crippen LogP contribution in [0.3, 0.4) is 0 Å². The minimum absolute atomic E-state index is 0.102. The molecule has 2 aliphatic rings. The van der Waals surface area contributed by atoms with Crippen molar-refractivity contribution >= 4 is 9.84 Å². The Hall–Kier alpha value is -1.97. The van der Waals surface area contributed by atoms with Gasteiger partial charge in [-0.15, -0.1) is 0 Å². The fraction of sp³-hybridized carbons (Fsp3) is 0.586. The molecule has 2 heterocycles. The number of quaternary nitrogens is 1. The van der Waals surface area contributed by atoms with Gasteiger partial charge in [-0.3, -0.25) is 4.90 Å². The summed E-state index contributed by atoms with van der Waals surface area (Å²) in [6.45, 7) is 12.7. The molecule has 0 radical (unpaired) electrons. The summed E-state index contributed by atoms with van der Waals surface area (Å²) in [6, 6.07) is 13.0. The molecule has 2 atom stereocenters. The predicted octanol–water partition coefficient (Wildman–Crippen LogP) is 3.09. The SMILES string of the molecule is Cc1ccc2c(c1)[C@@H](c1cccc(OCCOCCN3CC[N+](C)(C)CC3)c1)[C@@H](O)C(C)(C)CS2(=O)=O. The fourth-order valence-electron chi connectivity index (χ4n) is 5.41. The van der Waals surface area contributed by atoms with E-state index in [1.165, 1.54) is 13.1 Å². The lowest BCUT2D eigenvalue weighted by Crippen LogP contribution is -2.55. The average molecular weight is 532 g/mol. The highest BCUT2D eigenvalue weighted by Gasteiger charge is 2.45. The van der Waals surface area contributed by atoms with Crippen molar-refractivity contribution in [3.8, 4) is 5.75 Å². The van der Waals surface area contributed by atoms with Crippen LogP contribution in [0.15, 0.2) is 47.4 Å². The molecule has 37 heavy (non-hydrogen) atoms. The number of fused-ring (bicyclic) bond motifs is 1. The Morgan fingerprint density at radius 2 is 1.78 bits per heavy atom. The van der Waals surface area contributed by atoms with Crippen LogP contribution < -0.4 is 4.74 Å². The van der Waals surface area contributed by atoms with E-state index in [0.29, 0.717) is 36.0 Å². The van der Waals surface area contributed by atoms with Crippen molar-refractivity contribution in [2.75, 3.05) is 72.4 Å². The highest BCUT2D eigenvalue weighted by atomic mass is 32.2. The molecule has 0 saturated carbocycles. The zero-order valence-corrected chi connectivity index (χ0v) is 23.8. The van der Waals surface area contributed by atoms with E-state index in [-0.39, 0.29) is 5.75 Å². The van der Waals surface area contributed by atoms with Crippen LogP contribution in [0.1, 0.15) is 36.5 Å². The van der Waals surface area contributed by atoms with Crippen molar-refractivity contribution in [1.29, 1.82) is 0 Å². The third-order valence-corrected chi connectivity index (χ3v) is 9.99. The number of nitrogens with zero attached hydrogens (tertiary/aromatic N) is 2. The highest BCUT2D eigenvalue weighted by molar-refractivity contribution is 7.91. The first-order chi connectivity index (χ1) is 17.4. The van der Waals surface area contributed by atoms with Gasteiger partial charge in [0.05, 0.1) is 57.2 Å². The molecular formula is C29H43N2O5S+. The summed E-state index contributed by atoms with van der Waals surface area (Å²) in [5.74, 6) is 0.105. The molecule has 1 N–H and O–H groups in total. The summed E-state index contributed by atoms with van der Waals surface area (Å²) < 4.78 is 39.3. The lowest BCUT2D eigenvalue weighted by Gasteiger charge is -2.39.